The summed E-state index contributed by atoms with van der Waals surface area (Å²) in [5, 5.41) is 5.09. The van der Waals surface area contributed by atoms with E-state index in [1.807, 2.05) is 0 Å². The summed E-state index contributed by atoms with van der Waals surface area (Å²) in [5.41, 5.74) is 0.681. The molecule has 1 aliphatic carbocycles. The molecule has 1 amide bonds. The molecule has 1 aliphatic rings. The summed E-state index contributed by atoms with van der Waals surface area (Å²) in [6.45, 7) is 0. The predicted molar refractivity (Wildman–Crippen MR) is 93.2 cm³/mol. The first-order valence-electron chi connectivity index (χ1n) is 8.47. The molecule has 0 bridgehead atoms. The molecule has 0 spiro atoms. The summed E-state index contributed by atoms with van der Waals surface area (Å²) in [4.78, 5) is 16.8. The molecule has 0 aliphatic heterocycles. The van der Waals surface area contributed by atoms with Crippen LogP contribution in [0.25, 0.3) is 0 Å². The molecule has 8 heteroatoms. The predicted octanol–water partition coefficient (Wildman–Crippen LogP) is 5.34. The first-order chi connectivity index (χ1) is 12.4. The van der Waals surface area contributed by atoms with Gasteiger partial charge in [-0.25, -0.2) is 4.98 Å². The fourth-order valence-corrected chi connectivity index (χ4v) is 3.89. The van der Waals surface area contributed by atoms with Gasteiger partial charge < -0.3 is 10.1 Å². The number of rotatable bonds is 6. The van der Waals surface area contributed by atoms with E-state index in [1.165, 1.54) is 35.6 Å². The number of halogens is 3. The molecule has 1 unspecified atom stereocenters. The van der Waals surface area contributed by atoms with Gasteiger partial charge in [-0.3, -0.25) is 4.79 Å². The lowest BCUT2D eigenvalue weighted by atomic mass is 9.87. The number of hydrogen-bond acceptors (Lipinski definition) is 4. The van der Waals surface area contributed by atoms with Crippen molar-refractivity contribution in [1.29, 1.82) is 0 Å². The average Bonchev–Trinajstić information content (AvgIpc) is 3.25. The average molecular weight is 384 g/mol. The highest BCUT2D eigenvalue weighted by atomic mass is 32.1. The van der Waals surface area contributed by atoms with E-state index in [1.54, 1.807) is 11.6 Å². The van der Waals surface area contributed by atoms with E-state index < -0.39 is 12.3 Å². The van der Waals surface area contributed by atoms with Crippen LogP contribution in [-0.4, -0.2) is 17.3 Å². The zero-order valence-corrected chi connectivity index (χ0v) is 14.8. The molecular formula is C18H19F3N2O2S. The summed E-state index contributed by atoms with van der Waals surface area (Å²) < 4.78 is 40.9. The monoisotopic (exact) mass is 384 g/mol. The largest absolute Gasteiger partial charge is 0.573 e. The number of anilines is 1. The molecule has 1 atom stereocenters. The van der Waals surface area contributed by atoms with Gasteiger partial charge in [-0.15, -0.1) is 24.5 Å². The van der Waals surface area contributed by atoms with Crippen LogP contribution in [0.2, 0.25) is 0 Å². The van der Waals surface area contributed by atoms with Gasteiger partial charge in [-0.2, -0.15) is 0 Å². The third-order valence-corrected chi connectivity index (χ3v) is 5.23. The Morgan fingerprint density at radius 3 is 2.54 bits per heavy atom. The van der Waals surface area contributed by atoms with E-state index in [0.29, 0.717) is 23.0 Å². The Morgan fingerprint density at radius 2 is 1.96 bits per heavy atom. The van der Waals surface area contributed by atoms with Crippen molar-refractivity contribution in [3.63, 3.8) is 0 Å². The van der Waals surface area contributed by atoms with Crippen LogP contribution in [0.5, 0.6) is 5.75 Å². The lowest BCUT2D eigenvalue weighted by Crippen LogP contribution is -2.23. The van der Waals surface area contributed by atoms with Gasteiger partial charge in [0.2, 0.25) is 5.91 Å². The Kier molecular flexibility index (Phi) is 5.80. The number of nitrogens with zero attached hydrogens (tertiary/aromatic N) is 1. The number of amides is 1. The second-order valence-electron chi connectivity index (χ2n) is 6.38. The maximum absolute atomic E-state index is 12.8. The maximum Gasteiger partial charge on any atom is 0.573 e. The van der Waals surface area contributed by atoms with E-state index in [4.69, 9.17) is 0 Å². The van der Waals surface area contributed by atoms with Gasteiger partial charge >= 0.3 is 6.36 Å². The molecular weight excluding hydrogens is 365 g/mol. The van der Waals surface area contributed by atoms with Crippen molar-refractivity contribution < 1.29 is 22.7 Å². The van der Waals surface area contributed by atoms with Crippen LogP contribution in [-0.2, 0) is 4.79 Å². The van der Waals surface area contributed by atoms with Gasteiger partial charge in [-0.1, -0.05) is 37.8 Å². The number of carbonyl (C=O) groups is 1. The summed E-state index contributed by atoms with van der Waals surface area (Å²) in [5.74, 6) is -0.451. The van der Waals surface area contributed by atoms with Gasteiger partial charge in [0.05, 0.1) is 5.92 Å². The quantitative estimate of drug-likeness (QED) is 0.731. The van der Waals surface area contributed by atoms with Gasteiger partial charge in [0.25, 0.3) is 0 Å². The van der Waals surface area contributed by atoms with Crippen LogP contribution in [0.15, 0.2) is 35.8 Å². The minimum Gasteiger partial charge on any atom is -0.406 e. The maximum atomic E-state index is 12.8. The second kappa shape index (κ2) is 8.07. The number of carbonyl (C=O) groups excluding carboxylic acids is 1. The van der Waals surface area contributed by atoms with Crippen LogP contribution < -0.4 is 10.1 Å². The number of aromatic nitrogens is 1. The first kappa shape index (κ1) is 18.7. The van der Waals surface area contributed by atoms with Crippen molar-refractivity contribution in [2.45, 2.75) is 44.4 Å². The number of nitrogens with one attached hydrogen (secondary N) is 1. The van der Waals surface area contributed by atoms with Gasteiger partial charge in [-0.05, 0) is 30.0 Å². The number of alkyl halides is 3. The first-order valence-corrected chi connectivity index (χ1v) is 9.35. The normalized spacial score (nSPS) is 16.4. The van der Waals surface area contributed by atoms with Crippen LogP contribution in [0.3, 0.4) is 0 Å². The fourth-order valence-electron chi connectivity index (χ4n) is 3.35. The Labute approximate surface area is 153 Å². The van der Waals surface area contributed by atoms with Crippen molar-refractivity contribution in [3.8, 4) is 5.75 Å². The number of thiazole rings is 1. The van der Waals surface area contributed by atoms with Crippen LogP contribution >= 0.6 is 11.3 Å². The Balaban J connectivity index is 1.76. The van der Waals surface area contributed by atoms with Crippen LogP contribution in [0.4, 0.5) is 18.3 Å². The lowest BCUT2D eigenvalue weighted by molar-refractivity contribution is -0.274. The summed E-state index contributed by atoms with van der Waals surface area (Å²) in [6, 6.07) is 5.56. The molecule has 0 saturated heterocycles. The molecule has 1 aromatic heterocycles. The van der Waals surface area contributed by atoms with Gasteiger partial charge in [0, 0.05) is 11.6 Å². The highest BCUT2D eigenvalue weighted by Gasteiger charge is 2.31. The molecule has 1 heterocycles. The van der Waals surface area contributed by atoms with Crippen molar-refractivity contribution in [2.75, 3.05) is 5.32 Å². The van der Waals surface area contributed by atoms with E-state index in [0.717, 1.165) is 25.7 Å². The lowest BCUT2D eigenvalue weighted by Gasteiger charge is -2.20. The molecule has 4 nitrogen and oxygen atoms in total. The SMILES string of the molecule is O=C(Nc1nccs1)C(CC1CCCC1)c1ccc(OC(F)(F)F)cc1. The van der Waals surface area contributed by atoms with E-state index in [9.17, 15) is 18.0 Å². The molecule has 0 radical (unpaired) electrons. The Morgan fingerprint density at radius 1 is 1.27 bits per heavy atom. The van der Waals surface area contributed by atoms with Crippen molar-refractivity contribution in [2.24, 2.45) is 5.92 Å². The van der Waals surface area contributed by atoms with Crippen LogP contribution in [0, 0.1) is 5.92 Å². The molecule has 1 aromatic carbocycles. The zero-order valence-electron chi connectivity index (χ0n) is 14.0. The van der Waals surface area contributed by atoms with Gasteiger partial charge in [0.15, 0.2) is 5.13 Å². The van der Waals surface area contributed by atoms with E-state index in [2.05, 4.69) is 15.0 Å². The summed E-state index contributed by atoms with van der Waals surface area (Å²) in [7, 11) is 0. The van der Waals surface area contributed by atoms with E-state index in [-0.39, 0.29) is 11.7 Å². The molecule has 1 saturated carbocycles. The third kappa shape index (κ3) is 5.20. The van der Waals surface area contributed by atoms with Crippen LogP contribution in [0.1, 0.15) is 43.6 Å². The number of ether oxygens (including phenoxy) is 1. The topological polar surface area (TPSA) is 51.2 Å². The smallest absolute Gasteiger partial charge is 0.406 e. The fraction of sp³-hybridized carbons (Fsp3) is 0.444. The highest BCUT2D eigenvalue weighted by molar-refractivity contribution is 7.13. The third-order valence-electron chi connectivity index (χ3n) is 4.54. The van der Waals surface area contributed by atoms with Crippen molar-refractivity contribution in [3.05, 3.63) is 41.4 Å². The minimum absolute atomic E-state index is 0.184. The van der Waals surface area contributed by atoms with Crippen molar-refractivity contribution in [1.82, 2.24) is 4.98 Å². The highest BCUT2D eigenvalue weighted by Crippen LogP contribution is 2.35. The van der Waals surface area contributed by atoms with Gasteiger partial charge in [0.1, 0.15) is 5.75 Å². The summed E-state index contributed by atoms with van der Waals surface area (Å²) >= 11 is 1.33. The molecule has 1 fully saturated rings. The zero-order chi connectivity index (χ0) is 18.6. The molecule has 3 rings (SSSR count). The second-order valence-corrected chi connectivity index (χ2v) is 7.28. The minimum atomic E-state index is -4.73. The Bertz CT molecular complexity index is 711. The van der Waals surface area contributed by atoms with Crippen molar-refractivity contribution >= 4 is 22.4 Å². The van der Waals surface area contributed by atoms with E-state index >= 15 is 0 Å². The number of benzene rings is 1. The molecule has 2 aromatic rings. The standard InChI is InChI=1S/C18H19F3N2O2S/c19-18(20,21)25-14-7-5-13(6-8-14)15(11-12-3-1-2-4-12)16(24)23-17-22-9-10-26-17/h5-10,12,15H,1-4,11H2,(H,22,23,24). The number of hydrogen-bond donors (Lipinski definition) is 1. The molecule has 140 valence electrons. The molecule has 26 heavy (non-hydrogen) atoms. The Hall–Kier alpha value is -2.09. The summed E-state index contributed by atoms with van der Waals surface area (Å²) in [6.07, 6.45) is 2.03. The molecule has 1 N–H and O–H groups in total.